The Balaban J connectivity index is 2.89. The first-order valence-corrected chi connectivity index (χ1v) is 3.13. The second-order valence-electron chi connectivity index (χ2n) is 2.20. The zero-order valence-corrected chi connectivity index (χ0v) is 6.00. The molecule has 0 aliphatic rings. The quantitative estimate of drug-likeness (QED) is 0.594. The third-order valence-corrected chi connectivity index (χ3v) is 1.21. The van der Waals surface area contributed by atoms with Crippen LogP contribution >= 0.6 is 0 Å². The van der Waals surface area contributed by atoms with Crippen molar-refractivity contribution < 1.29 is 4.39 Å². The van der Waals surface area contributed by atoms with Crippen LogP contribution in [0.25, 0.3) is 0 Å². The van der Waals surface area contributed by atoms with E-state index in [9.17, 15) is 4.39 Å². The van der Waals surface area contributed by atoms with Crippen molar-refractivity contribution >= 4 is 0 Å². The van der Waals surface area contributed by atoms with Crippen LogP contribution < -0.4 is 0 Å². The summed E-state index contributed by atoms with van der Waals surface area (Å²) in [6.07, 6.45) is 2.00. The molecular weight excluding hydrogens is 131 g/mol. The van der Waals surface area contributed by atoms with Gasteiger partial charge >= 0.3 is 0 Å². The highest BCUT2D eigenvalue weighted by atomic mass is 19.1. The number of alkyl halides is 1. The molecule has 0 fully saturated rings. The molecule has 1 aromatic rings. The van der Waals surface area contributed by atoms with Crippen LogP contribution in [0.1, 0.15) is 24.5 Å². The molecule has 2 nitrogen and oxygen atoms in total. The van der Waals surface area contributed by atoms with Gasteiger partial charge in [0.25, 0.3) is 0 Å². The van der Waals surface area contributed by atoms with Crippen LogP contribution in [-0.4, -0.2) is 9.97 Å². The summed E-state index contributed by atoms with van der Waals surface area (Å²) in [6.45, 7) is 3.26. The van der Waals surface area contributed by atoms with E-state index in [-0.39, 0.29) is 0 Å². The summed E-state index contributed by atoms with van der Waals surface area (Å²) in [6, 6.07) is 0. The third-order valence-electron chi connectivity index (χ3n) is 1.21. The molecule has 10 heavy (non-hydrogen) atoms. The standard InChI is InChI=1S/C7H9FN2/c1-5-3-10-7(4-9-5)6(2)8/h3-4,6H,1-2H3. The highest BCUT2D eigenvalue weighted by molar-refractivity contribution is 5.02. The Morgan fingerprint density at radius 3 is 2.50 bits per heavy atom. The van der Waals surface area contributed by atoms with Gasteiger partial charge in [-0.25, -0.2) is 4.39 Å². The molecule has 0 amide bonds. The van der Waals surface area contributed by atoms with E-state index in [0.29, 0.717) is 5.69 Å². The Labute approximate surface area is 59.1 Å². The van der Waals surface area contributed by atoms with Crippen LogP contribution in [0, 0.1) is 6.92 Å². The molecule has 0 saturated heterocycles. The van der Waals surface area contributed by atoms with Gasteiger partial charge in [0, 0.05) is 6.20 Å². The molecular formula is C7H9FN2. The zero-order chi connectivity index (χ0) is 7.56. The normalized spacial score (nSPS) is 13.1. The lowest BCUT2D eigenvalue weighted by atomic mass is 10.3. The molecule has 3 heteroatoms. The fourth-order valence-corrected chi connectivity index (χ4v) is 0.608. The van der Waals surface area contributed by atoms with Crippen molar-refractivity contribution in [2.45, 2.75) is 20.0 Å². The maximum Gasteiger partial charge on any atom is 0.141 e. The van der Waals surface area contributed by atoms with Crippen molar-refractivity contribution in [1.82, 2.24) is 9.97 Å². The molecule has 0 aliphatic heterocycles. The molecule has 0 aliphatic carbocycles. The van der Waals surface area contributed by atoms with Crippen molar-refractivity contribution in [2.24, 2.45) is 0 Å². The summed E-state index contributed by atoms with van der Waals surface area (Å²) >= 11 is 0. The maximum absolute atomic E-state index is 12.5. The Hall–Kier alpha value is -0.990. The predicted molar refractivity (Wildman–Crippen MR) is 36.3 cm³/mol. The number of nitrogens with zero attached hydrogens (tertiary/aromatic N) is 2. The average molecular weight is 140 g/mol. The lowest BCUT2D eigenvalue weighted by Gasteiger charge is -1.98. The van der Waals surface area contributed by atoms with Gasteiger partial charge in [-0.3, -0.25) is 9.97 Å². The third kappa shape index (κ3) is 1.50. The SMILES string of the molecule is Cc1cnc(C(C)F)cn1. The number of halogens is 1. The zero-order valence-electron chi connectivity index (χ0n) is 6.00. The van der Waals surface area contributed by atoms with E-state index in [1.165, 1.54) is 13.1 Å². The highest BCUT2D eigenvalue weighted by Crippen LogP contribution is 2.10. The minimum Gasteiger partial charge on any atom is -0.258 e. The number of hydrogen-bond donors (Lipinski definition) is 0. The summed E-state index contributed by atoms with van der Waals surface area (Å²) in [5.41, 5.74) is 1.20. The summed E-state index contributed by atoms with van der Waals surface area (Å²) in [7, 11) is 0. The maximum atomic E-state index is 12.5. The summed E-state index contributed by atoms with van der Waals surface area (Å²) in [4.78, 5) is 7.74. The van der Waals surface area contributed by atoms with Crippen LogP contribution in [0.4, 0.5) is 4.39 Å². The molecule has 1 rings (SSSR count). The Bertz CT molecular complexity index is 205. The van der Waals surface area contributed by atoms with E-state index < -0.39 is 6.17 Å². The average Bonchev–Trinajstić information content (AvgIpc) is 1.88. The topological polar surface area (TPSA) is 25.8 Å². The van der Waals surface area contributed by atoms with Gasteiger partial charge in [0.15, 0.2) is 0 Å². The molecule has 54 valence electrons. The molecule has 1 atom stereocenters. The smallest absolute Gasteiger partial charge is 0.141 e. The van der Waals surface area contributed by atoms with E-state index in [1.807, 2.05) is 6.92 Å². The highest BCUT2D eigenvalue weighted by Gasteiger charge is 2.02. The molecule has 0 radical (unpaired) electrons. The van der Waals surface area contributed by atoms with E-state index >= 15 is 0 Å². The van der Waals surface area contributed by atoms with Gasteiger partial charge in [0.05, 0.1) is 17.6 Å². The van der Waals surface area contributed by atoms with Gasteiger partial charge in [-0.05, 0) is 13.8 Å². The lowest BCUT2D eigenvalue weighted by Crippen LogP contribution is -1.92. The minimum absolute atomic E-state index is 0.394. The van der Waals surface area contributed by atoms with E-state index in [1.54, 1.807) is 6.20 Å². The largest absolute Gasteiger partial charge is 0.258 e. The lowest BCUT2D eigenvalue weighted by molar-refractivity contribution is 0.364. The van der Waals surface area contributed by atoms with Gasteiger partial charge < -0.3 is 0 Å². The molecule has 0 aromatic carbocycles. The van der Waals surface area contributed by atoms with Crippen LogP contribution in [0.3, 0.4) is 0 Å². The molecule has 0 bridgehead atoms. The predicted octanol–water partition coefficient (Wildman–Crippen LogP) is 1.82. The number of hydrogen-bond acceptors (Lipinski definition) is 2. The van der Waals surface area contributed by atoms with Crippen molar-refractivity contribution in [3.05, 3.63) is 23.8 Å². The first-order chi connectivity index (χ1) is 4.70. The molecule has 1 unspecified atom stereocenters. The van der Waals surface area contributed by atoms with Gasteiger partial charge in [-0.1, -0.05) is 0 Å². The summed E-state index contributed by atoms with van der Waals surface area (Å²) in [5, 5.41) is 0. The van der Waals surface area contributed by atoms with E-state index in [4.69, 9.17) is 0 Å². The molecule has 1 aromatic heterocycles. The second kappa shape index (κ2) is 2.73. The molecule has 0 saturated carbocycles. The minimum atomic E-state index is -1.02. The summed E-state index contributed by atoms with van der Waals surface area (Å²) in [5.74, 6) is 0. The monoisotopic (exact) mass is 140 g/mol. The van der Waals surface area contributed by atoms with Crippen molar-refractivity contribution in [3.8, 4) is 0 Å². The van der Waals surface area contributed by atoms with Crippen LogP contribution in [0.2, 0.25) is 0 Å². The number of aromatic nitrogens is 2. The van der Waals surface area contributed by atoms with E-state index in [0.717, 1.165) is 5.69 Å². The van der Waals surface area contributed by atoms with Gasteiger partial charge in [0.2, 0.25) is 0 Å². The van der Waals surface area contributed by atoms with Gasteiger partial charge in [-0.2, -0.15) is 0 Å². The molecule has 0 N–H and O–H groups in total. The fourth-order valence-electron chi connectivity index (χ4n) is 0.608. The fraction of sp³-hybridized carbons (Fsp3) is 0.429. The van der Waals surface area contributed by atoms with Crippen molar-refractivity contribution in [3.63, 3.8) is 0 Å². The second-order valence-corrected chi connectivity index (χ2v) is 2.20. The van der Waals surface area contributed by atoms with Gasteiger partial charge in [0.1, 0.15) is 6.17 Å². The first kappa shape index (κ1) is 7.12. The first-order valence-electron chi connectivity index (χ1n) is 3.13. The van der Waals surface area contributed by atoms with Crippen molar-refractivity contribution in [2.75, 3.05) is 0 Å². The summed E-state index contributed by atoms with van der Waals surface area (Å²) < 4.78 is 12.5. The van der Waals surface area contributed by atoms with Gasteiger partial charge in [-0.15, -0.1) is 0 Å². The van der Waals surface area contributed by atoms with Crippen LogP contribution in [0.15, 0.2) is 12.4 Å². The number of rotatable bonds is 1. The Morgan fingerprint density at radius 2 is 2.10 bits per heavy atom. The van der Waals surface area contributed by atoms with Crippen LogP contribution in [0.5, 0.6) is 0 Å². The van der Waals surface area contributed by atoms with Crippen molar-refractivity contribution in [1.29, 1.82) is 0 Å². The molecule has 0 spiro atoms. The van der Waals surface area contributed by atoms with E-state index in [2.05, 4.69) is 9.97 Å². The molecule has 1 heterocycles. The Kier molecular flexibility index (Phi) is 1.94. The van der Waals surface area contributed by atoms with Crippen LogP contribution in [-0.2, 0) is 0 Å². The number of aryl methyl sites for hydroxylation is 1. The Morgan fingerprint density at radius 1 is 1.40 bits per heavy atom.